The van der Waals surface area contributed by atoms with Crippen LogP contribution in [0.5, 0.6) is 0 Å². The smallest absolute Gasteiger partial charge is 0.475 e. The Labute approximate surface area is 327 Å². The number of nitrogens with two attached hydrogens (primary N) is 1. The van der Waals surface area contributed by atoms with Gasteiger partial charge in [0.15, 0.2) is 0 Å². The van der Waals surface area contributed by atoms with Gasteiger partial charge in [-0.2, -0.15) is 13.2 Å². The third kappa shape index (κ3) is 11.4. The normalized spacial score (nSPS) is 15.0. The van der Waals surface area contributed by atoms with Crippen LogP contribution in [-0.4, -0.2) is 60.4 Å². The third-order valence-corrected chi connectivity index (χ3v) is 10.3. The first-order valence-corrected chi connectivity index (χ1v) is 19.0. The first kappa shape index (κ1) is 42.4. The SMILES string of the molecule is Cc1cc(=O)oc2cc(NC(=O)C(CCCCN)NC(=O)C(CC3CCCCC3)NC(=O)OCC3c4ccccc4-c4ccccc43)ccc12.O=C(O)C(F)(F)F. The Balaban J connectivity index is 0.000000811. The predicted molar refractivity (Wildman–Crippen MR) is 208 cm³/mol. The topological polar surface area (TPSA) is 190 Å². The number of amides is 3. The van der Waals surface area contributed by atoms with Gasteiger partial charge in [-0.3, -0.25) is 9.59 Å². The number of carboxylic acids is 1. The van der Waals surface area contributed by atoms with E-state index in [1.54, 1.807) is 18.2 Å². The largest absolute Gasteiger partial charge is 0.490 e. The molecule has 57 heavy (non-hydrogen) atoms. The molecule has 4 aromatic rings. The van der Waals surface area contributed by atoms with E-state index in [9.17, 15) is 32.3 Å². The number of benzene rings is 3. The van der Waals surface area contributed by atoms with Crippen molar-refractivity contribution in [2.45, 2.75) is 88.9 Å². The van der Waals surface area contributed by atoms with Gasteiger partial charge in [-0.05, 0) is 85.0 Å². The molecule has 2 aliphatic carbocycles. The van der Waals surface area contributed by atoms with Gasteiger partial charge >= 0.3 is 23.9 Å². The molecule has 12 nitrogen and oxygen atoms in total. The Hall–Kier alpha value is -5.70. The van der Waals surface area contributed by atoms with Crippen LogP contribution in [0.25, 0.3) is 22.1 Å². The summed E-state index contributed by atoms with van der Waals surface area (Å²) in [5, 5.41) is 16.6. The zero-order chi connectivity index (χ0) is 41.1. The molecule has 304 valence electrons. The zero-order valence-electron chi connectivity index (χ0n) is 31.5. The van der Waals surface area contributed by atoms with Crippen molar-refractivity contribution >= 4 is 40.5 Å². The van der Waals surface area contributed by atoms with Crippen LogP contribution in [0.15, 0.2) is 82.0 Å². The summed E-state index contributed by atoms with van der Waals surface area (Å²) >= 11 is 0. The number of halogens is 3. The van der Waals surface area contributed by atoms with Crippen LogP contribution in [0.4, 0.5) is 23.7 Å². The summed E-state index contributed by atoms with van der Waals surface area (Å²) < 4.78 is 42.9. The number of ether oxygens (including phenoxy) is 1. The number of alkyl halides is 3. The maximum Gasteiger partial charge on any atom is 0.490 e. The van der Waals surface area contributed by atoms with Gasteiger partial charge in [-0.15, -0.1) is 0 Å². The maximum absolute atomic E-state index is 14.0. The Morgan fingerprint density at radius 2 is 1.51 bits per heavy atom. The standard InChI is InChI=1S/C40H46N4O6.C2HF3O2/c1-25-21-37(45)50-36-23-27(18-19-28(25)36)42-38(46)34(17-9-10-20-41)43-39(47)35(22-26-11-3-2-4-12-26)44-40(48)49-24-33-31-15-7-5-13-29(31)30-14-6-8-16-32(30)33;3-2(4,5)1(6)7/h5-8,13-16,18-19,21,23,26,33-35H,2-4,9-12,17,20,22,24,41H2,1H3,(H,42,46)(H,43,47)(H,44,48);(H,6,7). The van der Waals surface area contributed by atoms with Crippen LogP contribution < -0.4 is 27.3 Å². The van der Waals surface area contributed by atoms with Crippen LogP contribution in [0, 0.1) is 12.8 Å². The van der Waals surface area contributed by atoms with Crippen molar-refractivity contribution in [3.63, 3.8) is 0 Å². The number of fused-ring (bicyclic) bond motifs is 4. The molecule has 6 rings (SSSR count). The van der Waals surface area contributed by atoms with E-state index >= 15 is 0 Å². The molecule has 1 aromatic heterocycles. The fourth-order valence-electron chi connectivity index (χ4n) is 7.44. The van der Waals surface area contributed by atoms with Crippen molar-refractivity contribution in [2.75, 3.05) is 18.5 Å². The fourth-order valence-corrected chi connectivity index (χ4v) is 7.44. The van der Waals surface area contributed by atoms with Gasteiger partial charge in [0, 0.05) is 29.1 Å². The fraction of sp³-hybridized carbons (Fsp3) is 0.405. The minimum Gasteiger partial charge on any atom is -0.475 e. The minimum absolute atomic E-state index is 0.110. The van der Waals surface area contributed by atoms with Crippen molar-refractivity contribution in [3.8, 4) is 11.1 Å². The number of alkyl carbamates (subject to hydrolysis) is 1. The zero-order valence-corrected chi connectivity index (χ0v) is 31.5. The lowest BCUT2D eigenvalue weighted by Gasteiger charge is -2.28. The predicted octanol–water partition coefficient (Wildman–Crippen LogP) is 7.16. The number of rotatable bonds is 13. The van der Waals surface area contributed by atoms with Gasteiger partial charge in [0.1, 0.15) is 24.3 Å². The summed E-state index contributed by atoms with van der Waals surface area (Å²) in [6.45, 7) is 2.41. The van der Waals surface area contributed by atoms with E-state index in [1.807, 2.05) is 31.2 Å². The second-order valence-corrected chi connectivity index (χ2v) is 14.4. The van der Waals surface area contributed by atoms with Crippen LogP contribution in [-0.2, 0) is 19.1 Å². The molecule has 15 heteroatoms. The number of carbonyl (C=O) groups is 4. The molecule has 2 atom stereocenters. The molecule has 2 unspecified atom stereocenters. The third-order valence-electron chi connectivity index (χ3n) is 10.3. The molecule has 2 aliphatic rings. The van der Waals surface area contributed by atoms with E-state index in [4.69, 9.17) is 24.8 Å². The molecule has 0 bridgehead atoms. The first-order chi connectivity index (χ1) is 27.2. The highest BCUT2D eigenvalue weighted by Gasteiger charge is 2.38. The van der Waals surface area contributed by atoms with Gasteiger partial charge in [0.2, 0.25) is 11.8 Å². The highest BCUT2D eigenvalue weighted by Crippen LogP contribution is 2.44. The number of aliphatic carboxylic acids is 1. The van der Waals surface area contributed by atoms with Crippen molar-refractivity contribution < 1.29 is 46.6 Å². The van der Waals surface area contributed by atoms with Gasteiger partial charge < -0.3 is 35.9 Å². The number of aryl methyl sites for hydroxylation is 1. The average molecular weight is 793 g/mol. The lowest BCUT2D eigenvalue weighted by Crippen LogP contribution is -2.53. The molecule has 3 aromatic carbocycles. The van der Waals surface area contributed by atoms with E-state index < -0.39 is 47.8 Å². The minimum atomic E-state index is -5.08. The molecule has 0 aliphatic heterocycles. The molecule has 1 saturated carbocycles. The summed E-state index contributed by atoms with van der Waals surface area (Å²) in [5.74, 6) is -3.44. The lowest BCUT2D eigenvalue weighted by molar-refractivity contribution is -0.192. The van der Waals surface area contributed by atoms with Gasteiger partial charge in [0.05, 0.1) is 0 Å². The molecule has 1 fully saturated rings. The molecule has 0 radical (unpaired) electrons. The highest BCUT2D eigenvalue weighted by atomic mass is 19.4. The van der Waals surface area contributed by atoms with Crippen LogP contribution >= 0.6 is 0 Å². The number of hydrogen-bond donors (Lipinski definition) is 5. The Morgan fingerprint density at radius 1 is 0.877 bits per heavy atom. The number of anilines is 1. The van der Waals surface area contributed by atoms with E-state index in [0.717, 1.165) is 65.3 Å². The molecule has 0 spiro atoms. The van der Waals surface area contributed by atoms with Crippen molar-refractivity contribution in [3.05, 3.63) is 99.9 Å². The average Bonchev–Trinajstić information content (AvgIpc) is 3.50. The lowest BCUT2D eigenvalue weighted by atomic mass is 9.84. The summed E-state index contributed by atoms with van der Waals surface area (Å²) in [7, 11) is 0. The van der Waals surface area contributed by atoms with Crippen LogP contribution in [0.1, 0.15) is 80.4 Å². The van der Waals surface area contributed by atoms with Crippen molar-refractivity contribution in [1.82, 2.24) is 10.6 Å². The summed E-state index contributed by atoms with van der Waals surface area (Å²) in [6, 6.07) is 21.0. The second-order valence-electron chi connectivity index (χ2n) is 14.4. The molecular formula is C42H47F3N4O8. The van der Waals surface area contributed by atoms with E-state index in [2.05, 4.69) is 40.2 Å². The van der Waals surface area contributed by atoms with Crippen molar-refractivity contribution in [1.29, 1.82) is 0 Å². The molecule has 0 saturated heterocycles. The van der Waals surface area contributed by atoms with Crippen LogP contribution in [0.3, 0.4) is 0 Å². The van der Waals surface area contributed by atoms with E-state index in [1.165, 1.54) is 6.07 Å². The second kappa shape index (κ2) is 19.4. The molecule has 3 amide bonds. The number of hydrogen-bond acceptors (Lipinski definition) is 8. The molecule has 1 heterocycles. The Kier molecular flexibility index (Phi) is 14.5. The Morgan fingerprint density at radius 3 is 2.12 bits per heavy atom. The quantitative estimate of drug-likeness (QED) is 0.0691. The van der Waals surface area contributed by atoms with Gasteiger partial charge in [-0.1, -0.05) is 80.6 Å². The van der Waals surface area contributed by atoms with Crippen LogP contribution in [0.2, 0.25) is 0 Å². The molecular weight excluding hydrogens is 745 g/mol. The maximum atomic E-state index is 14.0. The highest BCUT2D eigenvalue weighted by molar-refractivity contribution is 5.99. The number of carbonyl (C=O) groups excluding carboxylic acids is 3. The summed E-state index contributed by atoms with van der Waals surface area (Å²) in [5.41, 5.74) is 11.3. The first-order valence-electron chi connectivity index (χ1n) is 19.0. The summed E-state index contributed by atoms with van der Waals surface area (Å²) in [4.78, 5) is 61.8. The van der Waals surface area contributed by atoms with E-state index in [-0.39, 0.29) is 18.4 Å². The Bertz CT molecular complexity index is 2070. The van der Waals surface area contributed by atoms with Gasteiger partial charge in [-0.25, -0.2) is 14.4 Å². The number of nitrogens with one attached hydrogen (secondary N) is 3. The number of unbranched alkanes of at least 4 members (excludes halogenated alkanes) is 1. The van der Waals surface area contributed by atoms with Crippen molar-refractivity contribution in [2.24, 2.45) is 11.7 Å². The molecule has 6 N–H and O–H groups in total. The number of carboxylic acid groups (broad SMARTS) is 1. The van der Waals surface area contributed by atoms with E-state index in [0.29, 0.717) is 43.5 Å². The summed E-state index contributed by atoms with van der Waals surface area (Å²) in [6.07, 6.45) is 1.65. The monoisotopic (exact) mass is 792 g/mol. The van der Waals surface area contributed by atoms with Gasteiger partial charge in [0.25, 0.3) is 0 Å².